The molecule has 4 heteroatoms. The summed E-state index contributed by atoms with van der Waals surface area (Å²) < 4.78 is 12.9. The van der Waals surface area contributed by atoms with Crippen molar-refractivity contribution in [3.63, 3.8) is 0 Å². The number of nitriles is 1. The third-order valence-electron chi connectivity index (χ3n) is 2.24. The molecule has 0 aromatic carbocycles. The zero-order valence-corrected chi connectivity index (χ0v) is 7.62. The van der Waals surface area contributed by atoms with Gasteiger partial charge in [-0.1, -0.05) is 0 Å². The average Bonchev–Trinajstić information content (AvgIpc) is 2.04. The summed E-state index contributed by atoms with van der Waals surface area (Å²) in [5.41, 5.74) is 0. The number of hydrogen-bond acceptors (Lipinski definition) is 3. The van der Waals surface area contributed by atoms with E-state index in [2.05, 4.69) is 0 Å². The summed E-state index contributed by atoms with van der Waals surface area (Å²) in [6.45, 7) is 1.67. The molecule has 0 amide bonds. The summed E-state index contributed by atoms with van der Waals surface area (Å²) in [6.07, 6.45) is 0.219. The largest absolute Gasteiger partial charge is 0.391 e. The second kappa shape index (κ2) is 5.15. The number of halogens is 1. The molecule has 0 saturated carbocycles. The van der Waals surface area contributed by atoms with Gasteiger partial charge in [0, 0.05) is 13.1 Å². The zero-order chi connectivity index (χ0) is 9.68. The van der Waals surface area contributed by atoms with E-state index in [9.17, 15) is 9.50 Å². The lowest BCUT2D eigenvalue weighted by molar-refractivity contribution is 0.0756. The van der Waals surface area contributed by atoms with E-state index in [1.807, 2.05) is 11.0 Å². The highest BCUT2D eigenvalue weighted by Crippen LogP contribution is 2.13. The Labute approximate surface area is 77.8 Å². The monoisotopic (exact) mass is 186 g/mol. The van der Waals surface area contributed by atoms with Gasteiger partial charge in [0.25, 0.3) is 0 Å². The zero-order valence-electron chi connectivity index (χ0n) is 7.62. The van der Waals surface area contributed by atoms with Gasteiger partial charge in [0.15, 0.2) is 0 Å². The number of hydrogen-bond donors (Lipinski definition) is 1. The van der Waals surface area contributed by atoms with E-state index >= 15 is 0 Å². The molecule has 2 atom stereocenters. The van der Waals surface area contributed by atoms with E-state index in [0.717, 1.165) is 13.0 Å². The molecule has 1 aliphatic rings. The van der Waals surface area contributed by atoms with Crippen LogP contribution in [0.15, 0.2) is 0 Å². The fourth-order valence-corrected chi connectivity index (χ4v) is 1.63. The number of alkyl halides is 1. The maximum absolute atomic E-state index is 12.9. The topological polar surface area (TPSA) is 47.3 Å². The molecule has 0 aromatic heterocycles. The molecule has 1 rings (SSSR count). The van der Waals surface area contributed by atoms with Gasteiger partial charge in [0.05, 0.1) is 18.6 Å². The molecule has 0 aromatic rings. The van der Waals surface area contributed by atoms with Crippen LogP contribution >= 0.6 is 0 Å². The van der Waals surface area contributed by atoms with Crippen molar-refractivity contribution in [2.45, 2.75) is 31.5 Å². The van der Waals surface area contributed by atoms with Crippen LogP contribution in [0.1, 0.15) is 19.3 Å². The number of nitrogens with zero attached hydrogens (tertiary/aromatic N) is 2. The fraction of sp³-hybridized carbons (Fsp3) is 0.889. The SMILES string of the molecule is N#CCC(O)CN1CCCC(F)C1. The van der Waals surface area contributed by atoms with E-state index in [1.165, 1.54) is 0 Å². The molecule has 1 N–H and O–H groups in total. The van der Waals surface area contributed by atoms with Gasteiger partial charge in [-0.25, -0.2) is 4.39 Å². The molecule has 1 heterocycles. The molecule has 0 bridgehead atoms. The first-order valence-electron chi connectivity index (χ1n) is 4.64. The highest BCUT2D eigenvalue weighted by molar-refractivity contribution is 4.80. The maximum atomic E-state index is 12.9. The van der Waals surface area contributed by atoms with Crippen LogP contribution in [0.2, 0.25) is 0 Å². The Kier molecular flexibility index (Phi) is 4.13. The molecule has 0 radical (unpaired) electrons. The molecule has 13 heavy (non-hydrogen) atoms. The molecule has 0 spiro atoms. The van der Waals surface area contributed by atoms with Crippen LogP contribution < -0.4 is 0 Å². The molecular weight excluding hydrogens is 171 g/mol. The van der Waals surface area contributed by atoms with Crippen LogP contribution in [0, 0.1) is 11.3 Å². The van der Waals surface area contributed by atoms with Crippen molar-refractivity contribution in [3.8, 4) is 6.07 Å². The van der Waals surface area contributed by atoms with Gasteiger partial charge in [0.2, 0.25) is 0 Å². The Balaban J connectivity index is 2.24. The lowest BCUT2D eigenvalue weighted by Gasteiger charge is -2.29. The van der Waals surface area contributed by atoms with Crippen molar-refractivity contribution in [1.29, 1.82) is 5.26 Å². The summed E-state index contributed by atoms with van der Waals surface area (Å²) in [7, 11) is 0. The second-order valence-corrected chi connectivity index (χ2v) is 3.52. The minimum absolute atomic E-state index is 0.132. The fourth-order valence-electron chi connectivity index (χ4n) is 1.63. The van der Waals surface area contributed by atoms with Gasteiger partial charge in [-0.05, 0) is 19.4 Å². The minimum atomic E-state index is -0.761. The molecule has 3 nitrogen and oxygen atoms in total. The smallest absolute Gasteiger partial charge is 0.113 e. The lowest BCUT2D eigenvalue weighted by Crippen LogP contribution is -2.40. The Hall–Kier alpha value is -0.660. The third-order valence-corrected chi connectivity index (χ3v) is 2.24. The van der Waals surface area contributed by atoms with Crippen LogP contribution in [0.4, 0.5) is 4.39 Å². The van der Waals surface area contributed by atoms with Crippen molar-refractivity contribution in [3.05, 3.63) is 0 Å². The van der Waals surface area contributed by atoms with Crippen molar-refractivity contribution < 1.29 is 9.50 Å². The number of β-amino-alcohol motifs (C(OH)–C–C–N with tert-alkyl or cyclic N) is 1. The van der Waals surface area contributed by atoms with Gasteiger partial charge < -0.3 is 5.11 Å². The predicted molar refractivity (Wildman–Crippen MR) is 46.8 cm³/mol. The molecule has 2 unspecified atom stereocenters. The summed E-state index contributed by atoms with van der Waals surface area (Å²) in [5, 5.41) is 17.6. The van der Waals surface area contributed by atoms with Gasteiger partial charge in [-0.3, -0.25) is 4.90 Å². The molecule has 1 fully saturated rings. The number of aliphatic hydroxyl groups excluding tert-OH is 1. The quantitative estimate of drug-likeness (QED) is 0.705. The maximum Gasteiger partial charge on any atom is 0.113 e. The summed E-state index contributed by atoms with van der Waals surface area (Å²) in [5.74, 6) is 0. The Morgan fingerprint density at radius 1 is 1.69 bits per heavy atom. The summed E-state index contributed by atoms with van der Waals surface area (Å²) >= 11 is 0. The number of likely N-dealkylation sites (tertiary alicyclic amines) is 1. The van der Waals surface area contributed by atoms with Crippen molar-refractivity contribution in [1.82, 2.24) is 4.90 Å². The molecular formula is C9H15FN2O. The molecule has 1 saturated heterocycles. The summed E-state index contributed by atoms with van der Waals surface area (Å²) in [6, 6.07) is 1.90. The Morgan fingerprint density at radius 3 is 3.08 bits per heavy atom. The van der Waals surface area contributed by atoms with Gasteiger partial charge in [0.1, 0.15) is 6.17 Å². The highest BCUT2D eigenvalue weighted by atomic mass is 19.1. The van der Waals surface area contributed by atoms with Crippen LogP contribution in [-0.2, 0) is 0 Å². The number of aliphatic hydroxyl groups is 1. The Bertz CT molecular complexity index is 193. The third kappa shape index (κ3) is 3.71. The standard InChI is InChI=1S/C9H15FN2O/c10-8-2-1-5-12(6-8)7-9(13)3-4-11/h8-9,13H,1-3,5-7H2. The Morgan fingerprint density at radius 2 is 2.46 bits per heavy atom. The van der Waals surface area contributed by atoms with E-state index in [0.29, 0.717) is 19.5 Å². The van der Waals surface area contributed by atoms with Crippen LogP contribution in [-0.4, -0.2) is 41.9 Å². The van der Waals surface area contributed by atoms with Crippen LogP contribution in [0.5, 0.6) is 0 Å². The van der Waals surface area contributed by atoms with E-state index in [1.54, 1.807) is 0 Å². The average molecular weight is 186 g/mol. The minimum Gasteiger partial charge on any atom is -0.391 e. The molecule has 1 aliphatic heterocycles. The van der Waals surface area contributed by atoms with E-state index < -0.39 is 12.3 Å². The first-order chi connectivity index (χ1) is 6.22. The van der Waals surface area contributed by atoms with Crippen LogP contribution in [0.25, 0.3) is 0 Å². The van der Waals surface area contributed by atoms with Crippen molar-refractivity contribution >= 4 is 0 Å². The predicted octanol–water partition coefficient (Wildman–Crippen LogP) is 0.695. The summed E-state index contributed by atoms with van der Waals surface area (Å²) in [4.78, 5) is 1.89. The molecule has 74 valence electrons. The molecule has 0 aliphatic carbocycles. The van der Waals surface area contributed by atoms with E-state index in [4.69, 9.17) is 5.26 Å². The van der Waals surface area contributed by atoms with Crippen molar-refractivity contribution in [2.24, 2.45) is 0 Å². The first kappa shape index (κ1) is 10.4. The lowest BCUT2D eigenvalue weighted by atomic mass is 10.1. The number of rotatable bonds is 3. The van der Waals surface area contributed by atoms with Gasteiger partial charge in [-0.2, -0.15) is 5.26 Å². The normalized spacial score (nSPS) is 26.7. The van der Waals surface area contributed by atoms with Crippen molar-refractivity contribution in [2.75, 3.05) is 19.6 Å². The first-order valence-corrected chi connectivity index (χ1v) is 4.64. The van der Waals surface area contributed by atoms with Gasteiger partial charge >= 0.3 is 0 Å². The van der Waals surface area contributed by atoms with Crippen LogP contribution in [0.3, 0.4) is 0 Å². The van der Waals surface area contributed by atoms with E-state index in [-0.39, 0.29) is 6.42 Å². The second-order valence-electron chi connectivity index (χ2n) is 3.52. The number of piperidine rings is 1. The highest BCUT2D eigenvalue weighted by Gasteiger charge is 2.20. The van der Waals surface area contributed by atoms with Gasteiger partial charge in [-0.15, -0.1) is 0 Å².